The number of aromatic nitrogens is 1. The van der Waals surface area contributed by atoms with Gasteiger partial charge in [0.25, 0.3) is 5.91 Å². The lowest BCUT2D eigenvalue weighted by molar-refractivity contribution is -0.124. The molecule has 2 rings (SSSR count). The summed E-state index contributed by atoms with van der Waals surface area (Å²) in [6, 6.07) is 11.0. The molecule has 0 atom stereocenters. The molecule has 0 aliphatic rings. The molecule has 0 unspecified atom stereocenters. The topological polar surface area (TPSA) is 77.5 Å². The molecule has 1 N–H and O–H groups in total. The molecule has 7 heteroatoms. The molecule has 0 spiro atoms. The molecule has 0 aliphatic heterocycles. The van der Waals surface area contributed by atoms with Crippen molar-refractivity contribution in [1.82, 2.24) is 10.3 Å². The van der Waals surface area contributed by atoms with Crippen molar-refractivity contribution in [2.75, 3.05) is 19.8 Å². The molecule has 6 nitrogen and oxygen atoms in total. The quantitative estimate of drug-likeness (QED) is 0.465. The van der Waals surface area contributed by atoms with E-state index in [1.807, 2.05) is 30.3 Å². The van der Waals surface area contributed by atoms with Gasteiger partial charge in [-0.3, -0.25) is 4.79 Å². The number of hydrogen-bond donors (Lipinski definition) is 1. The smallest absolute Gasteiger partial charge is 0.342 e. The molecular formula is C18H19ClN2O4. The number of nitrogens with one attached hydrogen (secondary N) is 1. The zero-order valence-corrected chi connectivity index (χ0v) is 14.8. The van der Waals surface area contributed by atoms with E-state index in [9.17, 15) is 9.59 Å². The van der Waals surface area contributed by atoms with Crippen LogP contribution >= 0.6 is 11.6 Å². The molecule has 1 aromatic carbocycles. The summed E-state index contributed by atoms with van der Waals surface area (Å²) in [6.07, 6.45) is 0. The molecule has 132 valence electrons. The number of benzene rings is 1. The predicted octanol–water partition coefficient (Wildman–Crippen LogP) is 2.70. The minimum absolute atomic E-state index is 0.0687. The van der Waals surface area contributed by atoms with Gasteiger partial charge < -0.3 is 14.8 Å². The second-order valence-electron chi connectivity index (χ2n) is 5.33. The van der Waals surface area contributed by atoms with Gasteiger partial charge in [0.15, 0.2) is 6.61 Å². The maximum atomic E-state index is 12.1. The number of esters is 1. The van der Waals surface area contributed by atoms with Crippen LogP contribution in [0, 0.1) is 13.8 Å². The molecule has 0 bridgehead atoms. The summed E-state index contributed by atoms with van der Waals surface area (Å²) in [6.45, 7) is 3.73. The highest BCUT2D eigenvalue weighted by Crippen LogP contribution is 2.19. The molecule has 0 radical (unpaired) electrons. The van der Waals surface area contributed by atoms with Crippen LogP contribution in [0.25, 0.3) is 0 Å². The van der Waals surface area contributed by atoms with Crippen molar-refractivity contribution >= 4 is 23.5 Å². The van der Waals surface area contributed by atoms with Gasteiger partial charge in [0.05, 0.1) is 12.1 Å². The maximum absolute atomic E-state index is 12.1. The number of nitrogens with zero attached hydrogens (tertiary/aromatic N) is 1. The van der Waals surface area contributed by atoms with Gasteiger partial charge in [-0.1, -0.05) is 29.8 Å². The van der Waals surface area contributed by atoms with Crippen LogP contribution in [0.5, 0.6) is 5.75 Å². The lowest BCUT2D eigenvalue weighted by Gasteiger charge is -2.10. The van der Waals surface area contributed by atoms with Crippen LogP contribution in [0.3, 0.4) is 0 Å². The van der Waals surface area contributed by atoms with E-state index in [2.05, 4.69) is 10.3 Å². The van der Waals surface area contributed by atoms with Gasteiger partial charge in [0, 0.05) is 5.69 Å². The second-order valence-corrected chi connectivity index (χ2v) is 5.69. The fourth-order valence-electron chi connectivity index (χ4n) is 2.17. The Bertz CT molecular complexity index is 727. The molecule has 0 aliphatic carbocycles. The van der Waals surface area contributed by atoms with E-state index in [0.29, 0.717) is 24.4 Å². The highest BCUT2D eigenvalue weighted by molar-refractivity contribution is 6.32. The molecule has 2 aromatic rings. The monoisotopic (exact) mass is 362 g/mol. The Morgan fingerprint density at radius 1 is 1.20 bits per heavy atom. The highest BCUT2D eigenvalue weighted by atomic mass is 35.5. The van der Waals surface area contributed by atoms with Crippen molar-refractivity contribution in [3.8, 4) is 5.75 Å². The van der Waals surface area contributed by atoms with Gasteiger partial charge in [-0.15, -0.1) is 0 Å². The van der Waals surface area contributed by atoms with Crippen molar-refractivity contribution in [3.63, 3.8) is 0 Å². The number of hydrogen-bond acceptors (Lipinski definition) is 5. The Morgan fingerprint density at radius 3 is 2.60 bits per heavy atom. The average Bonchev–Trinajstić information content (AvgIpc) is 2.57. The summed E-state index contributed by atoms with van der Waals surface area (Å²) in [5, 5.41) is 2.68. The van der Waals surface area contributed by atoms with Crippen LogP contribution in [0.2, 0.25) is 5.15 Å². The minimum Gasteiger partial charge on any atom is -0.492 e. The van der Waals surface area contributed by atoms with Crippen molar-refractivity contribution in [3.05, 3.63) is 58.4 Å². The van der Waals surface area contributed by atoms with Crippen molar-refractivity contribution in [2.45, 2.75) is 13.8 Å². The Kier molecular flexibility index (Phi) is 6.77. The van der Waals surface area contributed by atoms with Crippen LogP contribution in [0.4, 0.5) is 0 Å². The summed E-state index contributed by atoms with van der Waals surface area (Å²) in [5.74, 6) is -0.371. The van der Waals surface area contributed by atoms with E-state index >= 15 is 0 Å². The summed E-state index contributed by atoms with van der Waals surface area (Å²) < 4.78 is 10.4. The molecule has 0 fully saturated rings. The molecule has 0 saturated carbocycles. The van der Waals surface area contributed by atoms with E-state index in [-0.39, 0.29) is 10.7 Å². The van der Waals surface area contributed by atoms with Crippen molar-refractivity contribution in [2.24, 2.45) is 0 Å². The Labute approximate surface area is 151 Å². The third-order valence-electron chi connectivity index (χ3n) is 3.28. The Morgan fingerprint density at radius 2 is 1.92 bits per heavy atom. The largest absolute Gasteiger partial charge is 0.492 e. The molecular weight excluding hydrogens is 344 g/mol. The maximum Gasteiger partial charge on any atom is 0.342 e. The lowest BCUT2D eigenvalue weighted by Crippen LogP contribution is -2.32. The number of pyridine rings is 1. The third-order valence-corrected chi connectivity index (χ3v) is 3.55. The first-order valence-electron chi connectivity index (χ1n) is 7.73. The van der Waals surface area contributed by atoms with Gasteiger partial charge in [-0.05, 0) is 37.6 Å². The standard InChI is InChI=1S/C18H19ClN2O4/c1-12-10-13(2)21-17(19)16(12)18(23)25-11-15(22)20-8-9-24-14-6-4-3-5-7-14/h3-7,10H,8-9,11H2,1-2H3,(H,20,22). The molecule has 1 heterocycles. The first kappa shape index (κ1) is 18.7. The summed E-state index contributed by atoms with van der Waals surface area (Å²) >= 11 is 5.98. The summed E-state index contributed by atoms with van der Waals surface area (Å²) in [4.78, 5) is 27.8. The van der Waals surface area contributed by atoms with E-state index in [0.717, 1.165) is 5.75 Å². The van der Waals surface area contributed by atoms with Crippen LogP contribution in [-0.2, 0) is 9.53 Å². The Hall–Kier alpha value is -2.60. The van der Waals surface area contributed by atoms with Crippen molar-refractivity contribution < 1.29 is 19.1 Å². The van der Waals surface area contributed by atoms with Gasteiger partial charge in [-0.2, -0.15) is 0 Å². The van der Waals surface area contributed by atoms with Gasteiger partial charge in [0.2, 0.25) is 0 Å². The summed E-state index contributed by atoms with van der Waals surface area (Å²) in [7, 11) is 0. The first-order chi connectivity index (χ1) is 12.0. The predicted molar refractivity (Wildman–Crippen MR) is 94.0 cm³/mol. The van der Waals surface area contributed by atoms with Crippen molar-refractivity contribution in [1.29, 1.82) is 0 Å². The number of carbonyl (C=O) groups is 2. The molecule has 1 aromatic heterocycles. The second kappa shape index (κ2) is 9.03. The number of halogens is 1. The number of para-hydroxylation sites is 1. The number of amides is 1. The molecule has 25 heavy (non-hydrogen) atoms. The van der Waals surface area contributed by atoms with Crippen LogP contribution < -0.4 is 10.1 Å². The summed E-state index contributed by atoms with van der Waals surface area (Å²) in [5.41, 5.74) is 1.53. The van der Waals surface area contributed by atoms with E-state index in [1.54, 1.807) is 19.9 Å². The average molecular weight is 363 g/mol. The zero-order valence-electron chi connectivity index (χ0n) is 14.0. The normalized spacial score (nSPS) is 10.2. The van der Waals surface area contributed by atoms with E-state index in [4.69, 9.17) is 21.1 Å². The SMILES string of the molecule is Cc1cc(C)c(C(=O)OCC(=O)NCCOc2ccccc2)c(Cl)n1. The molecule has 0 saturated heterocycles. The van der Waals surface area contributed by atoms with Gasteiger partial charge >= 0.3 is 5.97 Å². The number of aryl methyl sites for hydroxylation is 2. The van der Waals surface area contributed by atoms with Gasteiger partial charge in [0.1, 0.15) is 17.5 Å². The Balaban J connectivity index is 1.74. The minimum atomic E-state index is -0.675. The number of carbonyl (C=O) groups excluding carboxylic acids is 2. The van der Waals surface area contributed by atoms with Crippen LogP contribution in [0.1, 0.15) is 21.6 Å². The van der Waals surface area contributed by atoms with Crippen LogP contribution in [0.15, 0.2) is 36.4 Å². The van der Waals surface area contributed by atoms with E-state index in [1.165, 1.54) is 0 Å². The highest BCUT2D eigenvalue weighted by Gasteiger charge is 2.18. The van der Waals surface area contributed by atoms with Crippen LogP contribution in [-0.4, -0.2) is 36.6 Å². The van der Waals surface area contributed by atoms with E-state index < -0.39 is 18.5 Å². The fraction of sp³-hybridized carbons (Fsp3) is 0.278. The zero-order chi connectivity index (χ0) is 18.2. The number of rotatable bonds is 7. The third kappa shape index (κ3) is 5.76. The van der Waals surface area contributed by atoms with Gasteiger partial charge in [-0.25, -0.2) is 9.78 Å². The first-order valence-corrected chi connectivity index (χ1v) is 8.10. The fourth-order valence-corrected chi connectivity index (χ4v) is 2.53. The lowest BCUT2D eigenvalue weighted by atomic mass is 10.1. The number of ether oxygens (including phenoxy) is 2. The molecule has 1 amide bonds.